The van der Waals surface area contributed by atoms with Gasteiger partial charge in [-0.1, -0.05) is 36.4 Å². The summed E-state index contributed by atoms with van der Waals surface area (Å²) in [6.07, 6.45) is 0.588. The van der Waals surface area contributed by atoms with Gasteiger partial charge in [-0.3, -0.25) is 0 Å². The van der Waals surface area contributed by atoms with E-state index < -0.39 is 0 Å². The Balaban J connectivity index is 2.28. The highest BCUT2D eigenvalue weighted by molar-refractivity contribution is 7.98. The fourth-order valence-electron chi connectivity index (χ4n) is 2.35. The smallest absolute Gasteiger partial charge is 0.0801 e. The minimum atomic E-state index is -0.283. The minimum Gasteiger partial charge on any atom is -0.388 e. The van der Waals surface area contributed by atoms with Crippen molar-refractivity contribution in [1.29, 1.82) is 0 Å². The zero-order valence-electron chi connectivity index (χ0n) is 9.02. The van der Waals surface area contributed by atoms with Crippen molar-refractivity contribution in [2.45, 2.75) is 18.3 Å². The maximum absolute atomic E-state index is 10.1. The molecular weight excluding hydrogens is 216 g/mol. The van der Waals surface area contributed by atoms with Gasteiger partial charge in [0.05, 0.1) is 6.10 Å². The molecular formula is C14H14OS. The number of aliphatic hydroxyl groups is 1. The molecule has 0 unspecified atom stereocenters. The minimum absolute atomic E-state index is 0.283. The first-order valence-electron chi connectivity index (χ1n) is 5.62. The zero-order chi connectivity index (χ0) is 11.0. The Morgan fingerprint density at radius 3 is 2.94 bits per heavy atom. The third-order valence-electron chi connectivity index (χ3n) is 3.22. The van der Waals surface area contributed by atoms with E-state index in [1.165, 1.54) is 16.3 Å². The summed E-state index contributed by atoms with van der Waals surface area (Å²) in [6.45, 7) is 0. The Morgan fingerprint density at radius 2 is 2.00 bits per heavy atom. The van der Waals surface area contributed by atoms with Crippen molar-refractivity contribution in [3.63, 3.8) is 0 Å². The Kier molecular flexibility index (Phi) is 2.62. The molecule has 3 rings (SSSR count). The quantitative estimate of drug-likeness (QED) is 0.747. The summed E-state index contributed by atoms with van der Waals surface area (Å²) >= 11 is 1.92. The molecule has 1 aliphatic rings. The molecule has 1 heterocycles. The third-order valence-corrected chi connectivity index (χ3v) is 4.24. The molecule has 0 radical (unpaired) electrons. The topological polar surface area (TPSA) is 20.2 Å². The van der Waals surface area contributed by atoms with Gasteiger partial charge in [0.15, 0.2) is 0 Å². The van der Waals surface area contributed by atoms with Gasteiger partial charge < -0.3 is 5.11 Å². The molecule has 0 bridgehead atoms. The van der Waals surface area contributed by atoms with E-state index in [0.29, 0.717) is 0 Å². The van der Waals surface area contributed by atoms with E-state index in [9.17, 15) is 5.11 Å². The number of hydrogen-bond acceptors (Lipinski definition) is 2. The Hall–Kier alpha value is -0.990. The maximum atomic E-state index is 10.1. The molecule has 2 heteroatoms. The van der Waals surface area contributed by atoms with Crippen LogP contribution in [-0.2, 0) is 5.75 Å². The Morgan fingerprint density at radius 1 is 1.12 bits per heavy atom. The van der Waals surface area contributed by atoms with Gasteiger partial charge in [0.2, 0.25) is 0 Å². The normalized spacial score (nSPS) is 20.4. The number of hydrogen-bond donors (Lipinski definition) is 1. The molecule has 1 N–H and O–H groups in total. The Labute approximate surface area is 99.5 Å². The molecule has 1 atom stereocenters. The first kappa shape index (κ1) is 10.2. The number of aliphatic hydroxyl groups excluding tert-OH is 1. The standard InChI is InChI=1S/C14H14OS/c15-14-7-8-16-9-13-11-4-2-1-3-10(11)5-6-12(13)14/h1-6,14-15H,7-9H2/t14-/m0/s1. The first-order chi connectivity index (χ1) is 7.86. The van der Waals surface area contributed by atoms with Crippen LogP contribution >= 0.6 is 11.8 Å². The van der Waals surface area contributed by atoms with Crippen molar-refractivity contribution in [1.82, 2.24) is 0 Å². The van der Waals surface area contributed by atoms with E-state index in [2.05, 4.69) is 36.4 Å². The van der Waals surface area contributed by atoms with E-state index in [4.69, 9.17) is 0 Å². The van der Waals surface area contributed by atoms with Gasteiger partial charge in [-0.2, -0.15) is 11.8 Å². The Bertz CT molecular complexity index is 521. The average molecular weight is 230 g/mol. The van der Waals surface area contributed by atoms with Crippen LogP contribution in [0, 0.1) is 0 Å². The molecule has 1 aliphatic heterocycles. The summed E-state index contributed by atoms with van der Waals surface area (Å²) in [5, 5.41) is 12.7. The molecule has 2 aromatic carbocycles. The molecule has 0 saturated heterocycles. The molecule has 0 aliphatic carbocycles. The molecule has 0 aromatic heterocycles. The predicted molar refractivity (Wildman–Crippen MR) is 69.7 cm³/mol. The highest BCUT2D eigenvalue weighted by Crippen LogP contribution is 2.34. The molecule has 0 spiro atoms. The van der Waals surface area contributed by atoms with E-state index in [1.54, 1.807) is 0 Å². The van der Waals surface area contributed by atoms with Gasteiger partial charge in [-0.15, -0.1) is 0 Å². The van der Waals surface area contributed by atoms with Gasteiger partial charge in [-0.05, 0) is 34.1 Å². The highest BCUT2D eigenvalue weighted by atomic mass is 32.2. The molecule has 0 amide bonds. The van der Waals surface area contributed by atoms with Crippen LogP contribution in [0.25, 0.3) is 10.8 Å². The molecule has 0 fully saturated rings. The first-order valence-corrected chi connectivity index (χ1v) is 6.78. The summed E-state index contributed by atoms with van der Waals surface area (Å²) in [4.78, 5) is 0. The largest absolute Gasteiger partial charge is 0.388 e. The second-order valence-corrected chi connectivity index (χ2v) is 5.32. The lowest BCUT2D eigenvalue weighted by Crippen LogP contribution is -1.99. The summed E-state index contributed by atoms with van der Waals surface area (Å²) in [6, 6.07) is 12.6. The van der Waals surface area contributed by atoms with Crippen LogP contribution in [0.4, 0.5) is 0 Å². The highest BCUT2D eigenvalue weighted by Gasteiger charge is 2.17. The second-order valence-electron chi connectivity index (χ2n) is 4.21. The molecule has 1 nitrogen and oxygen atoms in total. The maximum Gasteiger partial charge on any atom is 0.0801 e. The lowest BCUT2D eigenvalue weighted by molar-refractivity contribution is 0.175. The third kappa shape index (κ3) is 1.62. The van der Waals surface area contributed by atoms with Gasteiger partial charge in [0.25, 0.3) is 0 Å². The van der Waals surface area contributed by atoms with Crippen LogP contribution in [0.5, 0.6) is 0 Å². The zero-order valence-corrected chi connectivity index (χ0v) is 9.83. The van der Waals surface area contributed by atoms with Crippen molar-refractivity contribution < 1.29 is 5.11 Å². The fourth-order valence-corrected chi connectivity index (χ4v) is 3.41. The second kappa shape index (κ2) is 4.11. The molecule has 0 saturated carbocycles. The van der Waals surface area contributed by atoms with Crippen molar-refractivity contribution in [3.8, 4) is 0 Å². The van der Waals surface area contributed by atoms with Gasteiger partial charge in [0, 0.05) is 5.75 Å². The SMILES string of the molecule is O[C@H]1CCSCc2c1ccc1ccccc21. The van der Waals surface area contributed by atoms with Crippen molar-refractivity contribution in [2.75, 3.05) is 5.75 Å². The predicted octanol–water partition coefficient (Wildman–Crippen LogP) is 3.51. The van der Waals surface area contributed by atoms with Crippen LogP contribution in [0.2, 0.25) is 0 Å². The molecule has 82 valence electrons. The summed E-state index contributed by atoms with van der Waals surface area (Å²) in [7, 11) is 0. The van der Waals surface area contributed by atoms with Gasteiger partial charge >= 0.3 is 0 Å². The molecule has 2 aromatic rings. The number of thioether (sulfide) groups is 1. The summed E-state index contributed by atoms with van der Waals surface area (Å²) in [5.74, 6) is 2.07. The van der Waals surface area contributed by atoms with E-state index in [0.717, 1.165) is 23.5 Å². The monoisotopic (exact) mass is 230 g/mol. The van der Waals surface area contributed by atoms with Crippen molar-refractivity contribution in [2.24, 2.45) is 0 Å². The van der Waals surface area contributed by atoms with Crippen LogP contribution in [-0.4, -0.2) is 10.9 Å². The van der Waals surface area contributed by atoms with E-state index in [-0.39, 0.29) is 6.10 Å². The number of rotatable bonds is 0. The summed E-state index contributed by atoms with van der Waals surface area (Å²) in [5.41, 5.74) is 2.46. The van der Waals surface area contributed by atoms with Crippen LogP contribution in [0.15, 0.2) is 36.4 Å². The average Bonchev–Trinajstić information content (AvgIpc) is 2.52. The van der Waals surface area contributed by atoms with E-state index in [1.807, 2.05) is 11.8 Å². The van der Waals surface area contributed by atoms with Gasteiger partial charge in [0.1, 0.15) is 0 Å². The molecule has 16 heavy (non-hydrogen) atoms. The van der Waals surface area contributed by atoms with Gasteiger partial charge in [-0.25, -0.2) is 0 Å². The van der Waals surface area contributed by atoms with Crippen molar-refractivity contribution >= 4 is 22.5 Å². The van der Waals surface area contributed by atoms with Crippen molar-refractivity contribution in [3.05, 3.63) is 47.5 Å². The lowest BCUT2D eigenvalue weighted by Gasteiger charge is -2.13. The number of benzene rings is 2. The summed E-state index contributed by atoms with van der Waals surface area (Å²) < 4.78 is 0. The van der Waals surface area contributed by atoms with E-state index >= 15 is 0 Å². The van der Waals surface area contributed by atoms with Crippen LogP contribution < -0.4 is 0 Å². The van der Waals surface area contributed by atoms with Crippen LogP contribution in [0.1, 0.15) is 23.7 Å². The van der Waals surface area contributed by atoms with Crippen LogP contribution in [0.3, 0.4) is 0 Å². The lowest BCUT2D eigenvalue weighted by atomic mass is 9.96. The fraction of sp³-hybridized carbons (Fsp3) is 0.286. The number of fused-ring (bicyclic) bond motifs is 3.